The topological polar surface area (TPSA) is 29.5 Å². The van der Waals surface area contributed by atoms with Crippen LogP contribution < -0.4 is 4.67 Å². The summed E-state index contributed by atoms with van der Waals surface area (Å²) in [6.07, 6.45) is 2.47. The summed E-state index contributed by atoms with van der Waals surface area (Å²) in [4.78, 5) is 1.34. The van der Waals surface area contributed by atoms with Crippen molar-refractivity contribution < 1.29 is 8.39 Å². The van der Waals surface area contributed by atoms with E-state index in [-0.39, 0.29) is 12.1 Å². The molecule has 7 rings (SSSR count). The SMILES string of the molecule is CCS(C)(CC)c1cc2ccccc2c2c1op(N([C@H](C)c1ccccc1)[C@H](C)c1ccccc1)oc1ccc3ccccc3c12. The largest absolute Gasteiger partial charge is 0.408 e. The second kappa shape index (κ2) is 12.7. The Morgan fingerprint density at radius 2 is 1.13 bits per heavy atom. The number of benzene rings is 6. The molecule has 3 nitrogen and oxygen atoms in total. The Kier molecular flexibility index (Phi) is 8.46. The maximum atomic E-state index is 7.51. The number of fused-ring (bicyclic) bond motifs is 7. The molecule has 0 aliphatic rings. The summed E-state index contributed by atoms with van der Waals surface area (Å²) in [5.41, 5.74) is 4.34. The highest BCUT2D eigenvalue weighted by molar-refractivity contribution is 8.33. The number of hydrogen-bond acceptors (Lipinski definition) is 3. The van der Waals surface area contributed by atoms with E-state index in [0.29, 0.717) is 0 Å². The molecule has 0 saturated carbocycles. The molecule has 46 heavy (non-hydrogen) atoms. The lowest BCUT2D eigenvalue weighted by atomic mass is 9.99. The minimum Gasteiger partial charge on any atom is -0.408 e. The van der Waals surface area contributed by atoms with Gasteiger partial charge in [0, 0.05) is 27.8 Å². The molecule has 0 aliphatic heterocycles. The van der Waals surface area contributed by atoms with Crippen molar-refractivity contribution >= 4 is 61.7 Å². The van der Waals surface area contributed by atoms with Crippen molar-refractivity contribution in [3.8, 4) is 0 Å². The van der Waals surface area contributed by atoms with Crippen LogP contribution in [0, 0.1) is 0 Å². The molecule has 0 saturated heterocycles. The lowest BCUT2D eigenvalue weighted by Gasteiger charge is -2.35. The van der Waals surface area contributed by atoms with E-state index in [1.165, 1.54) is 37.6 Å². The Hall–Kier alpha value is -3.95. The summed E-state index contributed by atoms with van der Waals surface area (Å²) in [7, 11) is -2.78. The van der Waals surface area contributed by atoms with Gasteiger partial charge in [0.25, 0.3) is 0 Å². The fourth-order valence-corrected chi connectivity index (χ4v) is 10.6. The molecule has 3 atom stereocenters. The molecule has 5 heteroatoms. The van der Waals surface area contributed by atoms with E-state index in [9.17, 15) is 0 Å². The highest BCUT2D eigenvalue weighted by Crippen LogP contribution is 2.58. The van der Waals surface area contributed by atoms with Gasteiger partial charge in [0.05, 0.1) is 0 Å². The quantitative estimate of drug-likeness (QED) is 0.165. The van der Waals surface area contributed by atoms with Crippen LogP contribution in [0.25, 0.3) is 43.5 Å². The Morgan fingerprint density at radius 3 is 1.72 bits per heavy atom. The third-order valence-electron chi connectivity index (χ3n) is 9.81. The third kappa shape index (κ3) is 5.33. The minimum atomic E-state index is -1.60. The summed E-state index contributed by atoms with van der Waals surface area (Å²) in [6, 6.07) is 45.9. The number of nitrogens with zero attached hydrogens (tertiary/aromatic N) is 1. The van der Waals surface area contributed by atoms with E-state index >= 15 is 0 Å². The highest BCUT2D eigenvalue weighted by Gasteiger charge is 2.31. The second-order valence-corrected chi connectivity index (χ2v) is 17.7. The standard InChI is InChI=1S/C41H42NO2PS/c1-6-46(5,7-2)38-28-34-23-15-17-25-36(34)40-39-35-24-16-14-22-33(35)26-27-37(39)43-45(44-41(38)40)42(29(3)31-18-10-8-11-19-31)30(4)32-20-12-9-13-21-32/h8-30H,6-7H2,1-5H3/t29-,30-,45?/m1/s1. The van der Waals surface area contributed by atoms with Gasteiger partial charge in [-0.15, -0.1) is 0 Å². The molecule has 0 bridgehead atoms. The van der Waals surface area contributed by atoms with Crippen LogP contribution in [0.15, 0.2) is 141 Å². The predicted molar refractivity (Wildman–Crippen MR) is 202 cm³/mol. The molecule has 1 unspecified atom stereocenters. The van der Waals surface area contributed by atoms with Crippen molar-refractivity contribution in [3.05, 3.63) is 139 Å². The monoisotopic (exact) mass is 643 g/mol. The molecule has 0 radical (unpaired) electrons. The molecule has 6 aromatic carbocycles. The second-order valence-electron chi connectivity index (χ2n) is 12.3. The first kappa shape index (κ1) is 30.7. The van der Waals surface area contributed by atoms with Gasteiger partial charge >= 0.3 is 8.16 Å². The first-order valence-corrected chi connectivity index (χ1v) is 19.8. The van der Waals surface area contributed by atoms with Gasteiger partial charge in [-0.25, -0.2) is 10.0 Å². The fourth-order valence-electron chi connectivity index (χ4n) is 6.77. The molecular weight excluding hydrogens is 601 g/mol. The summed E-state index contributed by atoms with van der Waals surface area (Å²) in [5.74, 6) is 2.17. The smallest absolute Gasteiger partial charge is 0.310 e. The van der Waals surface area contributed by atoms with Crippen molar-refractivity contribution in [1.29, 1.82) is 0 Å². The van der Waals surface area contributed by atoms with E-state index in [0.717, 1.165) is 33.4 Å². The van der Waals surface area contributed by atoms with E-state index in [1.807, 2.05) is 0 Å². The maximum absolute atomic E-state index is 7.51. The van der Waals surface area contributed by atoms with Gasteiger partial charge in [0.15, 0.2) is 5.58 Å². The van der Waals surface area contributed by atoms with Gasteiger partial charge in [0.1, 0.15) is 5.58 Å². The zero-order chi connectivity index (χ0) is 31.8. The third-order valence-corrected chi connectivity index (χ3v) is 15.5. The Bertz CT molecular complexity index is 2150. The molecule has 1 aromatic heterocycles. The molecule has 0 fully saturated rings. The molecule has 234 valence electrons. The number of rotatable bonds is 8. The van der Waals surface area contributed by atoms with Crippen LogP contribution >= 0.6 is 18.2 Å². The predicted octanol–water partition coefficient (Wildman–Crippen LogP) is 12.9. The Labute approximate surface area is 274 Å². The van der Waals surface area contributed by atoms with Crippen LogP contribution in [0.5, 0.6) is 0 Å². The van der Waals surface area contributed by atoms with Crippen LogP contribution in [0.3, 0.4) is 0 Å². The molecule has 0 amide bonds. The zero-order valence-corrected chi connectivity index (χ0v) is 29.0. The summed E-state index contributed by atoms with van der Waals surface area (Å²) in [5, 5.41) is 7.12. The Balaban J connectivity index is 1.69. The normalized spacial score (nSPS) is 14.3. The first-order valence-electron chi connectivity index (χ1n) is 16.3. The van der Waals surface area contributed by atoms with Gasteiger partial charge in [0.2, 0.25) is 0 Å². The van der Waals surface area contributed by atoms with E-state index in [4.69, 9.17) is 8.39 Å². The maximum Gasteiger partial charge on any atom is 0.310 e. The van der Waals surface area contributed by atoms with Crippen molar-refractivity contribution in [3.63, 3.8) is 0 Å². The fraction of sp³-hybridized carbons (Fsp3) is 0.220. The van der Waals surface area contributed by atoms with Crippen molar-refractivity contribution in [2.75, 3.05) is 22.4 Å². The lowest BCUT2D eigenvalue weighted by molar-refractivity contribution is 0.557. The average Bonchev–Trinajstić information content (AvgIpc) is 3.29. The zero-order valence-electron chi connectivity index (χ0n) is 27.3. The van der Waals surface area contributed by atoms with Crippen molar-refractivity contribution in [2.45, 2.75) is 44.7 Å². The number of hydrogen-bond donors (Lipinski definition) is 0. The van der Waals surface area contributed by atoms with E-state index < -0.39 is 18.2 Å². The van der Waals surface area contributed by atoms with Gasteiger partial charge in [-0.3, -0.25) is 0 Å². The molecule has 1 heterocycles. The minimum absolute atomic E-state index is 0.0351. The molecule has 0 N–H and O–H groups in total. The first-order chi connectivity index (χ1) is 22.4. The lowest BCUT2D eigenvalue weighted by Crippen LogP contribution is -2.27. The van der Waals surface area contributed by atoms with Crippen molar-refractivity contribution in [1.82, 2.24) is 0 Å². The molecule has 7 aromatic rings. The average molecular weight is 644 g/mol. The van der Waals surface area contributed by atoms with Crippen LogP contribution in [-0.2, 0) is 0 Å². The van der Waals surface area contributed by atoms with Gasteiger partial charge < -0.3 is 8.39 Å². The summed E-state index contributed by atoms with van der Waals surface area (Å²) < 4.78 is 17.2. The molecule has 0 aliphatic carbocycles. The van der Waals surface area contributed by atoms with E-state index in [1.54, 1.807) is 0 Å². The van der Waals surface area contributed by atoms with Gasteiger partial charge in [-0.2, -0.15) is 4.67 Å². The van der Waals surface area contributed by atoms with Gasteiger partial charge in [-0.05, 0) is 76.4 Å². The van der Waals surface area contributed by atoms with Crippen molar-refractivity contribution in [2.24, 2.45) is 0 Å². The van der Waals surface area contributed by atoms with E-state index in [2.05, 4.69) is 166 Å². The molecule has 0 spiro atoms. The van der Waals surface area contributed by atoms with Crippen LogP contribution in [0.2, 0.25) is 0 Å². The molecular formula is C41H42NO2PS. The summed E-state index contributed by atoms with van der Waals surface area (Å²) >= 11 is 0. The Morgan fingerprint density at radius 1 is 0.609 bits per heavy atom. The van der Waals surface area contributed by atoms with Gasteiger partial charge in [-0.1, -0.05) is 129 Å². The summed E-state index contributed by atoms with van der Waals surface area (Å²) in [6.45, 7) is 9.24. The van der Waals surface area contributed by atoms with Crippen LogP contribution in [-0.4, -0.2) is 17.8 Å². The van der Waals surface area contributed by atoms with Crippen LogP contribution in [0.1, 0.15) is 50.9 Å². The van der Waals surface area contributed by atoms with Crippen LogP contribution in [0.4, 0.5) is 0 Å². The highest BCUT2D eigenvalue weighted by atomic mass is 32.3.